The second kappa shape index (κ2) is 4.83. The SMILES string of the molecule is CC1(C)[C@@]2(C(=O)NCCc3ccccc3)CC[C@]1(C)C(=O)O2. The lowest BCUT2D eigenvalue weighted by molar-refractivity contribution is -0.168. The van der Waals surface area contributed by atoms with Gasteiger partial charge in [0.1, 0.15) is 0 Å². The number of esters is 1. The highest BCUT2D eigenvalue weighted by atomic mass is 16.6. The Bertz CT molecular complexity index is 610. The van der Waals surface area contributed by atoms with E-state index in [-0.39, 0.29) is 11.9 Å². The lowest BCUT2D eigenvalue weighted by Gasteiger charge is -2.35. The van der Waals surface area contributed by atoms with Gasteiger partial charge in [0.15, 0.2) is 5.60 Å². The van der Waals surface area contributed by atoms with Gasteiger partial charge in [-0.2, -0.15) is 0 Å². The van der Waals surface area contributed by atoms with Gasteiger partial charge in [-0.05, 0) is 31.7 Å². The van der Waals surface area contributed by atoms with Gasteiger partial charge in [0, 0.05) is 12.0 Å². The number of hydrogen-bond donors (Lipinski definition) is 1. The van der Waals surface area contributed by atoms with Gasteiger partial charge in [-0.1, -0.05) is 44.2 Å². The van der Waals surface area contributed by atoms with Crippen molar-refractivity contribution >= 4 is 11.9 Å². The van der Waals surface area contributed by atoms with Gasteiger partial charge in [-0.3, -0.25) is 9.59 Å². The minimum Gasteiger partial charge on any atom is -0.448 e. The van der Waals surface area contributed by atoms with Crippen LogP contribution in [0.25, 0.3) is 0 Å². The molecular weight excluding hydrogens is 278 g/mol. The Balaban J connectivity index is 1.69. The summed E-state index contributed by atoms with van der Waals surface area (Å²) >= 11 is 0. The van der Waals surface area contributed by atoms with E-state index in [1.807, 2.05) is 51.1 Å². The van der Waals surface area contributed by atoms with Crippen LogP contribution in [-0.2, 0) is 20.7 Å². The molecule has 4 nitrogen and oxygen atoms in total. The van der Waals surface area contributed by atoms with Gasteiger partial charge in [0.25, 0.3) is 5.91 Å². The van der Waals surface area contributed by atoms with Crippen molar-refractivity contribution in [3.8, 4) is 0 Å². The van der Waals surface area contributed by atoms with Crippen LogP contribution in [0.15, 0.2) is 30.3 Å². The second-order valence-corrected chi connectivity index (χ2v) is 7.17. The molecule has 0 unspecified atom stereocenters. The van der Waals surface area contributed by atoms with E-state index in [2.05, 4.69) is 5.32 Å². The van der Waals surface area contributed by atoms with Crippen molar-refractivity contribution in [1.29, 1.82) is 0 Å². The number of carbonyl (C=O) groups is 2. The highest BCUT2D eigenvalue weighted by Gasteiger charge is 2.75. The van der Waals surface area contributed by atoms with Gasteiger partial charge in [-0.15, -0.1) is 0 Å². The van der Waals surface area contributed by atoms with E-state index in [1.54, 1.807) is 0 Å². The highest BCUT2D eigenvalue weighted by Crippen LogP contribution is 2.65. The number of carbonyl (C=O) groups excluding carboxylic acids is 2. The van der Waals surface area contributed by atoms with Crippen LogP contribution in [0.3, 0.4) is 0 Å². The molecule has 1 saturated carbocycles. The number of fused-ring (bicyclic) bond motifs is 2. The van der Waals surface area contributed by atoms with Crippen molar-refractivity contribution in [2.45, 2.75) is 45.6 Å². The molecule has 2 bridgehead atoms. The van der Waals surface area contributed by atoms with Crippen molar-refractivity contribution in [2.75, 3.05) is 6.54 Å². The van der Waals surface area contributed by atoms with Crippen molar-refractivity contribution in [3.05, 3.63) is 35.9 Å². The first-order valence-electron chi connectivity index (χ1n) is 7.89. The summed E-state index contributed by atoms with van der Waals surface area (Å²) in [7, 11) is 0. The standard InChI is InChI=1S/C18H23NO3/c1-16(2)17(3)10-11-18(16,22-15(17)21)14(20)19-12-9-13-7-5-4-6-8-13/h4-8H,9-12H2,1-3H3,(H,19,20)/t17-,18+/m1/s1. The van der Waals surface area contributed by atoms with Crippen LogP contribution in [0, 0.1) is 10.8 Å². The zero-order valence-electron chi connectivity index (χ0n) is 13.4. The van der Waals surface area contributed by atoms with E-state index in [1.165, 1.54) is 5.56 Å². The maximum Gasteiger partial charge on any atom is 0.313 e. The molecular formula is C18H23NO3. The minimum absolute atomic E-state index is 0.150. The third kappa shape index (κ3) is 1.82. The lowest BCUT2D eigenvalue weighted by Crippen LogP contribution is -2.53. The summed E-state index contributed by atoms with van der Waals surface area (Å²) in [6.45, 7) is 6.42. The summed E-state index contributed by atoms with van der Waals surface area (Å²) in [4.78, 5) is 24.9. The van der Waals surface area contributed by atoms with Crippen LogP contribution >= 0.6 is 0 Å². The monoisotopic (exact) mass is 301 g/mol. The van der Waals surface area contributed by atoms with Crippen LogP contribution in [0.5, 0.6) is 0 Å². The van der Waals surface area contributed by atoms with E-state index >= 15 is 0 Å². The second-order valence-electron chi connectivity index (χ2n) is 7.17. The van der Waals surface area contributed by atoms with E-state index in [0.29, 0.717) is 19.4 Å². The number of ether oxygens (including phenoxy) is 1. The Labute approximate surface area is 131 Å². The first-order chi connectivity index (χ1) is 10.3. The molecule has 1 amide bonds. The fraction of sp³-hybridized carbons (Fsp3) is 0.556. The highest BCUT2D eigenvalue weighted by molar-refractivity contribution is 5.96. The molecule has 4 heteroatoms. The third-order valence-electron chi connectivity index (χ3n) is 5.99. The molecule has 2 atom stereocenters. The molecule has 22 heavy (non-hydrogen) atoms. The summed E-state index contributed by atoms with van der Waals surface area (Å²) in [6.07, 6.45) is 2.10. The van der Waals surface area contributed by atoms with Crippen molar-refractivity contribution in [1.82, 2.24) is 5.32 Å². The summed E-state index contributed by atoms with van der Waals surface area (Å²) in [6, 6.07) is 10.0. The molecule has 1 N–H and O–H groups in total. The summed E-state index contributed by atoms with van der Waals surface area (Å²) in [5.74, 6) is -0.384. The van der Waals surface area contributed by atoms with Gasteiger partial charge in [0.2, 0.25) is 0 Å². The molecule has 2 aliphatic rings. The fourth-order valence-electron chi connectivity index (χ4n) is 3.85. The lowest BCUT2D eigenvalue weighted by atomic mass is 9.66. The summed E-state index contributed by atoms with van der Waals surface area (Å²) in [5.41, 5.74) is -0.855. The van der Waals surface area contributed by atoms with Crippen molar-refractivity contribution in [2.24, 2.45) is 10.8 Å². The first-order valence-corrected chi connectivity index (χ1v) is 7.89. The van der Waals surface area contributed by atoms with Gasteiger partial charge in [-0.25, -0.2) is 0 Å². The Morgan fingerprint density at radius 2 is 1.86 bits per heavy atom. The average molecular weight is 301 g/mol. The van der Waals surface area contributed by atoms with E-state index < -0.39 is 16.4 Å². The van der Waals surface area contributed by atoms with Crippen LogP contribution < -0.4 is 5.32 Å². The molecule has 3 rings (SSSR count). The number of amides is 1. The van der Waals surface area contributed by atoms with Gasteiger partial charge >= 0.3 is 5.97 Å². The average Bonchev–Trinajstić information content (AvgIpc) is 2.78. The molecule has 1 heterocycles. The Morgan fingerprint density at radius 1 is 1.18 bits per heavy atom. The Morgan fingerprint density at radius 3 is 2.41 bits per heavy atom. The van der Waals surface area contributed by atoms with E-state index in [0.717, 1.165) is 6.42 Å². The molecule has 1 aliphatic heterocycles. The molecule has 1 aliphatic carbocycles. The number of nitrogens with one attached hydrogen (secondary N) is 1. The smallest absolute Gasteiger partial charge is 0.313 e. The normalized spacial score (nSPS) is 31.9. The number of hydrogen-bond acceptors (Lipinski definition) is 3. The Hall–Kier alpha value is -1.84. The zero-order chi connectivity index (χ0) is 16.0. The van der Waals surface area contributed by atoms with Crippen LogP contribution in [0.2, 0.25) is 0 Å². The molecule has 0 spiro atoms. The predicted octanol–water partition coefficient (Wildman–Crippen LogP) is 2.47. The van der Waals surface area contributed by atoms with Gasteiger partial charge < -0.3 is 10.1 Å². The minimum atomic E-state index is -1.00. The first kappa shape index (κ1) is 15.1. The maximum atomic E-state index is 12.7. The number of benzene rings is 1. The van der Waals surface area contributed by atoms with Crippen LogP contribution in [-0.4, -0.2) is 24.0 Å². The number of rotatable bonds is 4. The largest absolute Gasteiger partial charge is 0.448 e. The zero-order valence-corrected chi connectivity index (χ0v) is 13.4. The Kier molecular flexibility index (Phi) is 3.31. The van der Waals surface area contributed by atoms with Gasteiger partial charge in [0.05, 0.1) is 5.41 Å². The summed E-state index contributed by atoms with van der Waals surface area (Å²) in [5, 5.41) is 2.97. The maximum absolute atomic E-state index is 12.7. The quantitative estimate of drug-likeness (QED) is 0.869. The van der Waals surface area contributed by atoms with Crippen molar-refractivity contribution in [3.63, 3.8) is 0 Å². The van der Waals surface area contributed by atoms with E-state index in [9.17, 15) is 9.59 Å². The third-order valence-corrected chi connectivity index (χ3v) is 5.99. The van der Waals surface area contributed by atoms with Crippen LogP contribution in [0.4, 0.5) is 0 Å². The van der Waals surface area contributed by atoms with Crippen LogP contribution in [0.1, 0.15) is 39.2 Å². The fourth-order valence-corrected chi connectivity index (χ4v) is 3.85. The molecule has 118 valence electrons. The molecule has 2 fully saturated rings. The topological polar surface area (TPSA) is 55.4 Å². The predicted molar refractivity (Wildman–Crippen MR) is 83.1 cm³/mol. The molecule has 0 radical (unpaired) electrons. The summed E-state index contributed by atoms with van der Waals surface area (Å²) < 4.78 is 5.58. The molecule has 1 aromatic carbocycles. The molecule has 0 aromatic heterocycles. The molecule has 1 aromatic rings. The molecule has 1 saturated heterocycles. The van der Waals surface area contributed by atoms with E-state index in [4.69, 9.17) is 4.74 Å². The van der Waals surface area contributed by atoms with Crippen molar-refractivity contribution < 1.29 is 14.3 Å².